The zero-order valence-electron chi connectivity index (χ0n) is 11.1. The van der Waals surface area contributed by atoms with Crippen molar-refractivity contribution >= 4 is 23.6 Å². The number of nitrogens with zero attached hydrogens (tertiary/aromatic N) is 1. The molecule has 0 unspecified atom stereocenters. The molecule has 1 saturated heterocycles. The Labute approximate surface area is 112 Å². The number of carbonyl (C=O) groups is 2. The maximum atomic E-state index is 11.7. The number of hydrogen-bond acceptors (Lipinski definition) is 4. The summed E-state index contributed by atoms with van der Waals surface area (Å²) in [6, 6.07) is 0. The van der Waals surface area contributed by atoms with Gasteiger partial charge in [-0.1, -0.05) is 13.8 Å². The smallest absolute Gasteiger partial charge is 0.239 e. The van der Waals surface area contributed by atoms with Crippen LogP contribution in [0.5, 0.6) is 0 Å². The van der Waals surface area contributed by atoms with Crippen LogP contribution in [0.2, 0.25) is 0 Å². The van der Waals surface area contributed by atoms with Crippen molar-refractivity contribution in [2.75, 3.05) is 31.3 Å². The summed E-state index contributed by atoms with van der Waals surface area (Å²) in [5, 5.41) is 11.6. The molecule has 5 nitrogen and oxygen atoms in total. The van der Waals surface area contributed by atoms with Crippen LogP contribution in [0.1, 0.15) is 26.7 Å². The van der Waals surface area contributed by atoms with E-state index in [0.29, 0.717) is 18.2 Å². The van der Waals surface area contributed by atoms with E-state index in [4.69, 9.17) is 5.11 Å². The zero-order valence-corrected chi connectivity index (χ0v) is 11.9. The molecule has 0 aromatic heterocycles. The van der Waals surface area contributed by atoms with E-state index in [1.54, 1.807) is 4.90 Å². The third-order valence-corrected chi connectivity index (χ3v) is 3.88. The van der Waals surface area contributed by atoms with Gasteiger partial charge < -0.3 is 15.3 Å². The van der Waals surface area contributed by atoms with E-state index in [0.717, 1.165) is 12.8 Å². The topological polar surface area (TPSA) is 69.6 Å². The van der Waals surface area contributed by atoms with Crippen LogP contribution in [0.25, 0.3) is 0 Å². The largest absolute Gasteiger partial charge is 0.396 e. The number of rotatable bonds is 7. The van der Waals surface area contributed by atoms with Crippen molar-refractivity contribution in [3.05, 3.63) is 0 Å². The van der Waals surface area contributed by atoms with Crippen LogP contribution in [-0.4, -0.2) is 53.1 Å². The first-order chi connectivity index (χ1) is 8.44. The second-order valence-corrected chi connectivity index (χ2v) is 6.29. The van der Waals surface area contributed by atoms with Crippen molar-refractivity contribution in [1.29, 1.82) is 0 Å². The molecule has 0 saturated carbocycles. The van der Waals surface area contributed by atoms with Gasteiger partial charge >= 0.3 is 0 Å². The molecule has 0 spiro atoms. The van der Waals surface area contributed by atoms with E-state index in [1.165, 1.54) is 11.8 Å². The Morgan fingerprint density at radius 1 is 1.56 bits per heavy atom. The number of carbonyl (C=O) groups excluding carboxylic acids is 2. The lowest BCUT2D eigenvalue weighted by Gasteiger charge is -2.25. The fourth-order valence-electron chi connectivity index (χ4n) is 1.75. The number of hydrogen-bond donors (Lipinski definition) is 2. The molecular formula is C12H22N2O3S. The van der Waals surface area contributed by atoms with E-state index in [-0.39, 0.29) is 30.4 Å². The van der Waals surface area contributed by atoms with E-state index in [1.807, 2.05) is 0 Å². The monoisotopic (exact) mass is 274 g/mol. The molecule has 0 radical (unpaired) electrons. The highest BCUT2D eigenvalue weighted by molar-refractivity contribution is 8.00. The van der Waals surface area contributed by atoms with Gasteiger partial charge in [0, 0.05) is 13.2 Å². The summed E-state index contributed by atoms with van der Waals surface area (Å²) in [5.74, 6) is 1.02. The lowest BCUT2D eigenvalue weighted by molar-refractivity contribution is -0.132. The highest BCUT2D eigenvalue weighted by Crippen LogP contribution is 2.20. The van der Waals surface area contributed by atoms with Gasteiger partial charge in [0.15, 0.2) is 0 Å². The molecular weight excluding hydrogens is 252 g/mol. The summed E-state index contributed by atoms with van der Waals surface area (Å²) in [6.07, 6.45) is 1.60. The summed E-state index contributed by atoms with van der Waals surface area (Å²) in [6.45, 7) is 5.01. The molecule has 0 aromatic rings. The third kappa shape index (κ3) is 5.27. The van der Waals surface area contributed by atoms with Gasteiger partial charge in [0.05, 0.1) is 11.6 Å². The van der Waals surface area contributed by atoms with Crippen LogP contribution in [-0.2, 0) is 9.59 Å². The zero-order chi connectivity index (χ0) is 13.6. The van der Waals surface area contributed by atoms with Gasteiger partial charge in [-0.3, -0.25) is 9.59 Å². The lowest BCUT2D eigenvalue weighted by Crippen LogP contribution is -2.41. The molecule has 0 bridgehead atoms. The molecule has 6 heteroatoms. The van der Waals surface area contributed by atoms with Crippen LogP contribution in [0.4, 0.5) is 0 Å². The van der Waals surface area contributed by atoms with Crippen molar-refractivity contribution in [2.45, 2.75) is 26.7 Å². The fourth-order valence-corrected chi connectivity index (χ4v) is 2.66. The van der Waals surface area contributed by atoms with Crippen molar-refractivity contribution in [2.24, 2.45) is 5.41 Å². The summed E-state index contributed by atoms with van der Waals surface area (Å²) in [7, 11) is 0. The molecule has 1 aliphatic heterocycles. The Kier molecular flexibility index (Phi) is 5.95. The minimum absolute atomic E-state index is 0.0256. The van der Waals surface area contributed by atoms with Crippen molar-refractivity contribution in [3.63, 3.8) is 0 Å². The van der Waals surface area contributed by atoms with Crippen LogP contribution < -0.4 is 5.32 Å². The number of aliphatic hydroxyl groups excluding tert-OH is 1. The Bertz CT molecular complexity index is 308. The predicted molar refractivity (Wildman–Crippen MR) is 72.1 cm³/mol. The highest BCUT2D eigenvalue weighted by Gasteiger charge is 2.24. The summed E-state index contributed by atoms with van der Waals surface area (Å²) >= 11 is 1.54. The normalized spacial score (nSPS) is 16.2. The van der Waals surface area contributed by atoms with Gasteiger partial charge in [0.25, 0.3) is 0 Å². The van der Waals surface area contributed by atoms with Crippen molar-refractivity contribution in [1.82, 2.24) is 10.2 Å². The van der Waals surface area contributed by atoms with Crippen LogP contribution in [0.15, 0.2) is 0 Å². The average Bonchev–Trinajstić information content (AvgIpc) is 2.70. The van der Waals surface area contributed by atoms with Gasteiger partial charge in [-0.2, -0.15) is 0 Å². The highest BCUT2D eigenvalue weighted by atomic mass is 32.2. The second-order valence-electron chi connectivity index (χ2n) is 5.34. The van der Waals surface area contributed by atoms with Gasteiger partial charge in [-0.15, -0.1) is 11.8 Å². The molecule has 1 fully saturated rings. The number of aliphatic hydroxyl groups is 1. The molecule has 1 rings (SSSR count). The van der Waals surface area contributed by atoms with Crippen molar-refractivity contribution in [3.8, 4) is 0 Å². The van der Waals surface area contributed by atoms with Gasteiger partial charge in [-0.05, 0) is 18.3 Å². The fraction of sp³-hybridized carbons (Fsp3) is 0.833. The number of thioether (sulfide) groups is 1. The van der Waals surface area contributed by atoms with Gasteiger partial charge in [0.2, 0.25) is 11.8 Å². The molecule has 0 atom stereocenters. The first-order valence-corrected chi connectivity index (χ1v) is 7.33. The summed E-state index contributed by atoms with van der Waals surface area (Å²) in [4.78, 5) is 24.6. The SMILES string of the molecule is CC(C)(CCCO)CNC(=O)CN1CSCC1=O. The lowest BCUT2D eigenvalue weighted by atomic mass is 9.88. The Morgan fingerprint density at radius 3 is 2.83 bits per heavy atom. The second kappa shape index (κ2) is 6.99. The van der Waals surface area contributed by atoms with E-state index in [9.17, 15) is 9.59 Å². The van der Waals surface area contributed by atoms with Crippen molar-refractivity contribution < 1.29 is 14.7 Å². The van der Waals surface area contributed by atoms with Crippen LogP contribution in [0.3, 0.4) is 0 Å². The third-order valence-electron chi connectivity index (χ3n) is 2.94. The predicted octanol–water partition coefficient (Wildman–Crippen LogP) is 0.434. The van der Waals surface area contributed by atoms with Gasteiger partial charge in [0.1, 0.15) is 6.54 Å². The summed E-state index contributed by atoms with van der Waals surface area (Å²) in [5.41, 5.74) is -0.0256. The quantitative estimate of drug-likeness (QED) is 0.706. The maximum absolute atomic E-state index is 11.7. The Morgan fingerprint density at radius 2 is 2.28 bits per heavy atom. The first-order valence-electron chi connectivity index (χ1n) is 6.18. The minimum atomic E-state index is -0.108. The first kappa shape index (κ1) is 15.3. The molecule has 2 amide bonds. The van der Waals surface area contributed by atoms with Gasteiger partial charge in [-0.25, -0.2) is 0 Å². The van der Waals surface area contributed by atoms with E-state index in [2.05, 4.69) is 19.2 Å². The maximum Gasteiger partial charge on any atom is 0.239 e. The molecule has 1 heterocycles. The van der Waals surface area contributed by atoms with E-state index < -0.39 is 0 Å². The Hall–Kier alpha value is -0.750. The molecule has 18 heavy (non-hydrogen) atoms. The molecule has 1 aliphatic rings. The molecule has 104 valence electrons. The minimum Gasteiger partial charge on any atom is -0.396 e. The Balaban J connectivity index is 2.25. The standard InChI is InChI=1S/C12H22N2O3S/c1-12(2,4-3-5-15)8-13-10(16)6-14-9-18-7-11(14)17/h15H,3-9H2,1-2H3,(H,13,16). The number of nitrogens with one attached hydrogen (secondary N) is 1. The molecule has 2 N–H and O–H groups in total. The summed E-state index contributed by atoms with van der Waals surface area (Å²) < 4.78 is 0. The van der Waals surface area contributed by atoms with Crippen LogP contribution >= 0.6 is 11.8 Å². The van der Waals surface area contributed by atoms with Crippen LogP contribution in [0, 0.1) is 5.41 Å². The molecule has 0 aromatic carbocycles. The van der Waals surface area contributed by atoms with E-state index >= 15 is 0 Å². The average molecular weight is 274 g/mol. The number of amides is 2. The molecule has 0 aliphatic carbocycles.